The highest BCUT2D eigenvalue weighted by molar-refractivity contribution is 5.42. The predicted octanol–water partition coefficient (Wildman–Crippen LogP) is 4.12. The Morgan fingerprint density at radius 2 is 1.73 bits per heavy atom. The lowest BCUT2D eigenvalue weighted by atomic mass is 9.47. The average molecular weight is 300 g/mol. The Labute approximate surface area is 131 Å². The van der Waals surface area contributed by atoms with Gasteiger partial charge in [-0.3, -0.25) is 10.1 Å². The van der Waals surface area contributed by atoms with Gasteiger partial charge in [0, 0.05) is 18.2 Å². The molecule has 4 nitrogen and oxygen atoms in total. The zero-order chi connectivity index (χ0) is 15.5. The van der Waals surface area contributed by atoms with Crippen molar-refractivity contribution in [1.82, 2.24) is 0 Å². The van der Waals surface area contributed by atoms with E-state index < -0.39 is 0 Å². The number of nitro groups is 1. The SMILES string of the molecule is Cc1ccc([N+](=O)[O-])cc1C(N)C12CC3CC(CC(C3)C1)C2. The van der Waals surface area contributed by atoms with E-state index in [4.69, 9.17) is 5.73 Å². The molecule has 0 radical (unpaired) electrons. The molecule has 5 rings (SSSR count). The molecule has 4 aliphatic rings. The maximum atomic E-state index is 11.1. The van der Waals surface area contributed by atoms with Crippen LogP contribution in [0.3, 0.4) is 0 Å². The number of nitrogens with two attached hydrogens (primary N) is 1. The van der Waals surface area contributed by atoms with Crippen molar-refractivity contribution < 1.29 is 4.92 Å². The monoisotopic (exact) mass is 300 g/mol. The molecular formula is C18H24N2O2. The molecule has 118 valence electrons. The molecule has 4 saturated carbocycles. The minimum absolute atomic E-state index is 0.0548. The van der Waals surface area contributed by atoms with Gasteiger partial charge in [-0.2, -0.15) is 0 Å². The first-order valence-corrected chi connectivity index (χ1v) is 8.47. The summed E-state index contributed by atoms with van der Waals surface area (Å²) < 4.78 is 0. The van der Waals surface area contributed by atoms with Crippen molar-refractivity contribution in [1.29, 1.82) is 0 Å². The topological polar surface area (TPSA) is 69.2 Å². The van der Waals surface area contributed by atoms with Gasteiger partial charge in [0.2, 0.25) is 0 Å². The maximum absolute atomic E-state index is 11.1. The number of hydrogen-bond acceptors (Lipinski definition) is 3. The summed E-state index contributed by atoms with van der Waals surface area (Å²) >= 11 is 0. The van der Waals surface area contributed by atoms with Crippen molar-refractivity contribution in [3.63, 3.8) is 0 Å². The summed E-state index contributed by atoms with van der Waals surface area (Å²) in [5.74, 6) is 2.53. The number of rotatable bonds is 3. The first-order chi connectivity index (χ1) is 10.5. The highest BCUT2D eigenvalue weighted by Crippen LogP contribution is 2.63. The fraction of sp³-hybridized carbons (Fsp3) is 0.667. The number of non-ortho nitro benzene ring substituents is 1. The van der Waals surface area contributed by atoms with Crippen LogP contribution in [0.5, 0.6) is 0 Å². The van der Waals surface area contributed by atoms with Gasteiger partial charge in [-0.15, -0.1) is 0 Å². The standard InChI is InChI=1S/C18H24N2O2/c1-11-2-3-15(20(21)22)7-16(11)17(19)18-8-12-4-13(9-18)6-14(5-12)10-18/h2-3,7,12-14,17H,4-6,8-10,19H2,1H3. The molecule has 22 heavy (non-hydrogen) atoms. The molecule has 2 N–H and O–H groups in total. The lowest BCUT2D eigenvalue weighted by molar-refractivity contribution is -0.385. The van der Waals surface area contributed by atoms with Crippen LogP contribution in [0.2, 0.25) is 0 Å². The summed E-state index contributed by atoms with van der Waals surface area (Å²) in [5, 5.41) is 11.1. The van der Waals surface area contributed by atoms with Crippen LogP contribution in [0.25, 0.3) is 0 Å². The van der Waals surface area contributed by atoms with Crippen molar-refractivity contribution in [2.24, 2.45) is 28.9 Å². The highest BCUT2D eigenvalue weighted by Gasteiger charge is 2.53. The van der Waals surface area contributed by atoms with E-state index in [9.17, 15) is 10.1 Å². The second-order valence-corrected chi connectivity index (χ2v) is 8.06. The largest absolute Gasteiger partial charge is 0.323 e. The molecule has 0 heterocycles. The molecule has 0 aliphatic heterocycles. The van der Waals surface area contributed by atoms with Crippen LogP contribution < -0.4 is 5.73 Å². The minimum Gasteiger partial charge on any atom is -0.323 e. The molecule has 0 spiro atoms. The molecule has 4 fully saturated rings. The summed E-state index contributed by atoms with van der Waals surface area (Å²) in [6.45, 7) is 2.03. The zero-order valence-electron chi connectivity index (χ0n) is 13.1. The Balaban J connectivity index is 1.71. The van der Waals surface area contributed by atoms with E-state index >= 15 is 0 Å². The fourth-order valence-corrected chi connectivity index (χ4v) is 5.96. The lowest BCUT2D eigenvalue weighted by Crippen LogP contribution is -2.51. The molecule has 0 saturated heterocycles. The second-order valence-electron chi connectivity index (χ2n) is 8.06. The van der Waals surface area contributed by atoms with Gasteiger partial charge in [-0.25, -0.2) is 0 Å². The normalized spacial score (nSPS) is 37.3. The number of hydrogen-bond donors (Lipinski definition) is 1. The average Bonchev–Trinajstić information content (AvgIpc) is 2.45. The van der Waals surface area contributed by atoms with E-state index in [2.05, 4.69) is 0 Å². The van der Waals surface area contributed by atoms with Gasteiger partial charge in [0.15, 0.2) is 0 Å². The first-order valence-electron chi connectivity index (χ1n) is 8.47. The van der Waals surface area contributed by atoms with Crippen LogP contribution in [-0.2, 0) is 0 Å². The molecular weight excluding hydrogens is 276 g/mol. The molecule has 4 heteroatoms. The second kappa shape index (κ2) is 4.79. The van der Waals surface area contributed by atoms with Crippen molar-refractivity contribution in [3.05, 3.63) is 39.4 Å². The van der Waals surface area contributed by atoms with Crippen molar-refractivity contribution in [2.75, 3.05) is 0 Å². The van der Waals surface area contributed by atoms with Crippen LogP contribution >= 0.6 is 0 Å². The van der Waals surface area contributed by atoms with Crippen molar-refractivity contribution >= 4 is 5.69 Å². The third kappa shape index (κ3) is 2.08. The lowest BCUT2D eigenvalue weighted by Gasteiger charge is -2.59. The quantitative estimate of drug-likeness (QED) is 0.674. The molecule has 4 bridgehead atoms. The summed E-state index contributed by atoms with van der Waals surface area (Å²) in [4.78, 5) is 10.8. The van der Waals surface area contributed by atoms with E-state index in [0.717, 1.165) is 28.9 Å². The van der Waals surface area contributed by atoms with Crippen molar-refractivity contribution in [3.8, 4) is 0 Å². The first kappa shape index (κ1) is 14.2. The molecule has 1 unspecified atom stereocenters. The van der Waals surface area contributed by atoms with Gasteiger partial charge in [0.1, 0.15) is 0 Å². The summed E-state index contributed by atoms with van der Waals surface area (Å²) in [5.41, 5.74) is 9.19. The van der Waals surface area contributed by atoms with Crippen LogP contribution in [0.4, 0.5) is 5.69 Å². The van der Waals surface area contributed by atoms with Crippen LogP contribution in [0.15, 0.2) is 18.2 Å². The van der Waals surface area contributed by atoms with Gasteiger partial charge in [-0.1, -0.05) is 6.07 Å². The third-order valence-corrected chi connectivity index (χ3v) is 6.55. The Kier molecular flexibility index (Phi) is 3.09. The zero-order valence-corrected chi connectivity index (χ0v) is 13.1. The number of nitro benzene ring substituents is 1. The molecule has 1 aromatic rings. The Hall–Kier alpha value is -1.42. The maximum Gasteiger partial charge on any atom is 0.269 e. The Morgan fingerprint density at radius 1 is 1.18 bits per heavy atom. The van der Waals surface area contributed by atoms with Gasteiger partial charge in [0.25, 0.3) is 5.69 Å². The Bertz CT molecular complexity index is 590. The van der Waals surface area contributed by atoms with E-state index in [1.54, 1.807) is 12.1 Å². The molecule has 4 aliphatic carbocycles. The van der Waals surface area contributed by atoms with E-state index in [1.807, 2.05) is 13.0 Å². The summed E-state index contributed by atoms with van der Waals surface area (Å²) in [7, 11) is 0. The number of benzene rings is 1. The van der Waals surface area contributed by atoms with Gasteiger partial charge in [0.05, 0.1) is 4.92 Å². The Morgan fingerprint density at radius 3 is 2.23 bits per heavy atom. The van der Waals surface area contributed by atoms with Crippen LogP contribution in [0, 0.1) is 40.2 Å². The number of nitrogens with zero attached hydrogens (tertiary/aromatic N) is 1. The minimum atomic E-state index is -0.310. The van der Waals surface area contributed by atoms with Gasteiger partial charge in [-0.05, 0) is 79.7 Å². The fourth-order valence-electron chi connectivity index (χ4n) is 5.96. The predicted molar refractivity (Wildman–Crippen MR) is 85.4 cm³/mol. The van der Waals surface area contributed by atoms with E-state index in [0.29, 0.717) is 0 Å². The van der Waals surface area contributed by atoms with E-state index in [-0.39, 0.29) is 22.1 Å². The smallest absolute Gasteiger partial charge is 0.269 e. The number of aryl methyl sites for hydroxylation is 1. The molecule has 0 amide bonds. The highest BCUT2D eigenvalue weighted by atomic mass is 16.6. The molecule has 1 atom stereocenters. The summed E-state index contributed by atoms with van der Waals surface area (Å²) in [6, 6.07) is 5.11. The van der Waals surface area contributed by atoms with Crippen LogP contribution in [-0.4, -0.2) is 4.92 Å². The molecule has 0 aromatic heterocycles. The van der Waals surface area contributed by atoms with Crippen LogP contribution in [0.1, 0.15) is 55.7 Å². The van der Waals surface area contributed by atoms with E-state index in [1.165, 1.54) is 38.5 Å². The molecule has 1 aromatic carbocycles. The van der Waals surface area contributed by atoms with Crippen molar-refractivity contribution in [2.45, 2.75) is 51.5 Å². The van der Waals surface area contributed by atoms with Gasteiger partial charge >= 0.3 is 0 Å². The van der Waals surface area contributed by atoms with Gasteiger partial charge < -0.3 is 5.73 Å². The third-order valence-electron chi connectivity index (χ3n) is 6.55. The summed E-state index contributed by atoms with van der Waals surface area (Å²) in [6.07, 6.45) is 7.84.